The summed E-state index contributed by atoms with van der Waals surface area (Å²) in [6.07, 6.45) is 3.22. The summed E-state index contributed by atoms with van der Waals surface area (Å²) in [5.74, 6) is -0.699. The van der Waals surface area contributed by atoms with Gasteiger partial charge in [-0.05, 0) is 19.3 Å². The zero-order valence-corrected chi connectivity index (χ0v) is 9.79. The summed E-state index contributed by atoms with van der Waals surface area (Å²) >= 11 is 0. The Balaban J connectivity index is 2.25. The average molecular weight is 234 g/mol. The van der Waals surface area contributed by atoms with Crippen molar-refractivity contribution < 1.29 is 18.8 Å². The van der Waals surface area contributed by atoms with Crippen molar-refractivity contribution in [3.05, 3.63) is 0 Å². The van der Waals surface area contributed by atoms with E-state index in [0.717, 1.165) is 25.9 Å². The molecule has 88 valence electrons. The topological polar surface area (TPSA) is 63.6 Å². The molecule has 0 amide bonds. The molecule has 0 aromatic rings. The van der Waals surface area contributed by atoms with E-state index in [1.54, 1.807) is 6.92 Å². The van der Waals surface area contributed by atoms with E-state index >= 15 is 0 Å². The van der Waals surface area contributed by atoms with E-state index in [-0.39, 0.29) is 11.9 Å². The molecule has 1 heterocycles. The standard InChI is InChI=1S/C10H18O4S/c1-8(10(11)12)6-15(13)7-9-4-2-3-5-14-9/h8-9H,2-7H2,1H3,(H,11,12). The summed E-state index contributed by atoms with van der Waals surface area (Å²) in [5.41, 5.74) is 0. The second-order valence-corrected chi connectivity index (χ2v) is 5.55. The smallest absolute Gasteiger partial charge is 0.307 e. The largest absolute Gasteiger partial charge is 0.481 e. The Morgan fingerprint density at radius 3 is 2.87 bits per heavy atom. The molecule has 1 fully saturated rings. The normalized spacial score (nSPS) is 25.8. The van der Waals surface area contributed by atoms with Gasteiger partial charge in [0.1, 0.15) is 0 Å². The fraction of sp³-hybridized carbons (Fsp3) is 0.900. The third-order valence-corrected chi connectivity index (χ3v) is 4.12. The van der Waals surface area contributed by atoms with Gasteiger partial charge in [0.15, 0.2) is 0 Å². The molecular formula is C10H18O4S. The third-order valence-electron chi connectivity index (χ3n) is 2.50. The Bertz CT molecular complexity index is 236. The molecule has 3 unspecified atom stereocenters. The molecule has 0 bridgehead atoms. The minimum Gasteiger partial charge on any atom is -0.481 e. The molecule has 1 rings (SSSR count). The summed E-state index contributed by atoms with van der Waals surface area (Å²) in [4.78, 5) is 10.6. The molecule has 1 saturated heterocycles. The van der Waals surface area contributed by atoms with Crippen molar-refractivity contribution in [2.45, 2.75) is 32.3 Å². The molecule has 0 radical (unpaired) electrons. The molecule has 3 atom stereocenters. The predicted molar refractivity (Wildman–Crippen MR) is 58.3 cm³/mol. The molecule has 15 heavy (non-hydrogen) atoms. The maximum Gasteiger partial charge on any atom is 0.307 e. The van der Waals surface area contributed by atoms with Gasteiger partial charge in [-0.2, -0.15) is 0 Å². The summed E-state index contributed by atoms with van der Waals surface area (Å²) in [6.45, 7) is 2.33. The molecule has 1 aliphatic rings. The SMILES string of the molecule is CC(CS(=O)CC1CCCCO1)C(=O)O. The van der Waals surface area contributed by atoms with E-state index in [9.17, 15) is 9.00 Å². The highest BCUT2D eigenvalue weighted by Gasteiger charge is 2.20. The minimum atomic E-state index is -1.07. The summed E-state index contributed by atoms with van der Waals surface area (Å²) in [6, 6.07) is 0. The fourth-order valence-electron chi connectivity index (χ4n) is 1.56. The van der Waals surface area contributed by atoms with E-state index in [4.69, 9.17) is 9.84 Å². The molecule has 1 N–H and O–H groups in total. The van der Waals surface area contributed by atoms with E-state index in [1.807, 2.05) is 0 Å². The van der Waals surface area contributed by atoms with Crippen LogP contribution in [0.4, 0.5) is 0 Å². The van der Waals surface area contributed by atoms with Crippen molar-refractivity contribution in [3.63, 3.8) is 0 Å². The summed E-state index contributed by atoms with van der Waals surface area (Å²) < 4.78 is 17.0. The van der Waals surface area contributed by atoms with Crippen LogP contribution in [-0.4, -0.2) is 39.5 Å². The fourth-order valence-corrected chi connectivity index (χ4v) is 3.08. The van der Waals surface area contributed by atoms with Crippen molar-refractivity contribution in [3.8, 4) is 0 Å². The molecule has 5 heteroatoms. The van der Waals surface area contributed by atoms with Crippen LogP contribution in [0.2, 0.25) is 0 Å². The second kappa shape index (κ2) is 6.23. The number of hydrogen-bond acceptors (Lipinski definition) is 3. The Labute approximate surface area is 92.5 Å². The van der Waals surface area contributed by atoms with Gasteiger partial charge in [0.2, 0.25) is 0 Å². The van der Waals surface area contributed by atoms with Gasteiger partial charge in [0.05, 0.1) is 12.0 Å². The number of aliphatic carboxylic acids is 1. The Morgan fingerprint density at radius 1 is 1.60 bits per heavy atom. The zero-order chi connectivity index (χ0) is 11.3. The molecule has 0 aromatic heterocycles. The molecule has 1 aliphatic heterocycles. The summed E-state index contributed by atoms with van der Waals surface area (Å²) in [5, 5.41) is 8.67. The van der Waals surface area contributed by atoms with Gasteiger partial charge in [-0.3, -0.25) is 9.00 Å². The Morgan fingerprint density at radius 2 is 2.33 bits per heavy atom. The first kappa shape index (κ1) is 12.6. The van der Waals surface area contributed by atoms with E-state index in [2.05, 4.69) is 0 Å². The number of ether oxygens (including phenoxy) is 1. The second-order valence-electron chi connectivity index (χ2n) is 4.00. The molecule has 0 aromatic carbocycles. The molecule has 0 spiro atoms. The monoisotopic (exact) mass is 234 g/mol. The number of rotatable bonds is 5. The van der Waals surface area contributed by atoms with Crippen LogP contribution < -0.4 is 0 Å². The molecule has 0 aliphatic carbocycles. The Hall–Kier alpha value is -0.420. The van der Waals surface area contributed by atoms with Gasteiger partial charge >= 0.3 is 5.97 Å². The highest BCUT2D eigenvalue weighted by atomic mass is 32.2. The van der Waals surface area contributed by atoms with Crippen LogP contribution in [-0.2, 0) is 20.3 Å². The van der Waals surface area contributed by atoms with Crippen molar-refractivity contribution in [1.82, 2.24) is 0 Å². The van der Waals surface area contributed by atoms with Crippen molar-refractivity contribution >= 4 is 16.8 Å². The van der Waals surface area contributed by atoms with Gasteiger partial charge in [-0.1, -0.05) is 6.92 Å². The lowest BCUT2D eigenvalue weighted by molar-refractivity contribution is -0.140. The van der Waals surface area contributed by atoms with Gasteiger partial charge in [-0.15, -0.1) is 0 Å². The van der Waals surface area contributed by atoms with Crippen LogP contribution in [0.25, 0.3) is 0 Å². The van der Waals surface area contributed by atoms with Crippen molar-refractivity contribution in [2.24, 2.45) is 5.92 Å². The van der Waals surface area contributed by atoms with Crippen LogP contribution in [0.3, 0.4) is 0 Å². The quantitative estimate of drug-likeness (QED) is 0.771. The van der Waals surface area contributed by atoms with E-state index in [0.29, 0.717) is 5.75 Å². The van der Waals surface area contributed by atoms with Gasteiger partial charge in [-0.25, -0.2) is 0 Å². The van der Waals surface area contributed by atoms with Crippen LogP contribution in [0.15, 0.2) is 0 Å². The molecule has 4 nitrogen and oxygen atoms in total. The number of hydrogen-bond donors (Lipinski definition) is 1. The van der Waals surface area contributed by atoms with E-state index < -0.39 is 22.7 Å². The third kappa shape index (κ3) is 4.75. The first-order valence-electron chi connectivity index (χ1n) is 5.29. The van der Waals surface area contributed by atoms with Gasteiger partial charge in [0.25, 0.3) is 0 Å². The lowest BCUT2D eigenvalue weighted by atomic mass is 10.1. The molecule has 0 saturated carbocycles. The average Bonchev–Trinajstić information content (AvgIpc) is 2.18. The van der Waals surface area contributed by atoms with Gasteiger partial charge < -0.3 is 9.84 Å². The lowest BCUT2D eigenvalue weighted by Crippen LogP contribution is -2.28. The maximum atomic E-state index is 11.6. The van der Waals surface area contributed by atoms with Crippen LogP contribution in [0, 0.1) is 5.92 Å². The first-order valence-corrected chi connectivity index (χ1v) is 6.77. The summed E-state index contributed by atoms with van der Waals surface area (Å²) in [7, 11) is -1.07. The van der Waals surface area contributed by atoms with Crippen LogP contribution in [0.5, 0.6) is 0 Å². The lowest BCUT2D eigenvalue weighted by Gasteiger charge is -2.22. The van der Waals surface area contributed by atoms with Crippen LogP contribution in [0.1, 0.15) is 26.2 Å². The highest BCUT2D eigenvalue weighted by molar-refractivity contribution is 7.85. The maximum absolute atomic E-state index is 11.6. The Kier molecular flexibility index (Phi) is 5.25. The van der Waals surface area contributed by atoms with Crippen LogP contribution >= 0.6 is 0 Å². The highest BCUT2D eigenvalue weighted by Crippen LogP contribution is 2.14. The number of carboxylic acids is 1. The number of carbonyl (C=O) groups is 1. The first-order chi connectivity index (χ1) is 7.09. The van der Waals surface area contributed by atoms with Gasteiger partial charge in [0, 0.05) is 28.9 Å². The van der Waals surface area contributed by atoms with Crippen molar-refractivity contribution in [2.75, 3.05) is 18.1 Å². The van der Waals surface area contributed by atoms with Crippen molar-refractivity contribution in [1.29, 1.82) is 0 Å². The predicted octanol–water partition coefficient (Wildman–Crippen LogP) is 1.02. The minimum absolute atomic E-state index is 0.0700. The number of carboxylic acid groups (broad SMARTS) is 1. The molecular weight excluding hydrogens is 216 g/mol. The van der Waals surface area contributed by atoms with E-state index in [1.165, 1.54) is 0 Å². The zero-order valence-electron chi connectivity index (χ0n) is 8.98.